The molecule has 0 aliphatic carbocycles. The minimum Gasteiger partial charge on any atom is -0.273 e. The van der Waals surface area contributed by atoms with Crippen molar-refractivity contribution in [2.75, 3.05) is 0 Å². The summed E-state index contributed by atoms with van der Waals surface area (Å²) in [5.41, 5.74) is 3.23. The highest BCUT2D eigenvalue weighted by molar-refractivity contribution is 5.80. The maximum atomic E-state index is 11.4. The predicted molar refractivity (Wildman–Crippen MR) is 68.7 cm³/mol. The van der Waals surface area contributed by atoms with Crippen molar-refractivity contribution >= 4 is 12.1 Å². The lowest BCUT2D eigenvalue weighted by Crippen LogP contribution is -2.16. The maximum absolute atomic E-state index is 11.4. The number of aromatic nitrogens is 1. The van der Waals surface area contributed by atoms with Crippen LogP contribution in [-0.2, 0) is 4.79 Å². The Balaban J connectivity index is 2.17. The Labute approximate surface area is 102 Å². The van der Waals surface area contributed by atoms with Crippen LogP contribution in [0.4, 0.5) is 0 Å². The smallest absolute Gasteiger partial charge is 0.240 e. The van der Waals surface area contributed by atoms with E-state index in [0.717, 1.165) is 18.5 Å². The molecule has 0 radical (unpaired) electrons. The molecule has 92 valence electrons. The van der Waals surface area contributed by atoms with Crippen molar-refractivity contribution in [1.29, 1.82) is 0 Å². The molecule has 0 spiro atoms. The fourth-order valence-corrected chi connectivity index (χ4v) is 1.39. The molecule has 1 aromatic heterocycles. The van der Waals surface area contributed by atoms with E-state index in [1.165, 1.54) is 12.8 Å². The van der Waals surface area contributed by atoms with Crippen LogP contribution in [0.25, 0.3) is 0 Å². The molecule has 0 saturated carbocycles. The molecule has 0 saturated heterocycles. The molecule has 0 atom stereocenters. The second-order valence-electron chi connectivity index (χ2n) is 3.86. The molecular formula is C13H19N3O. The van der Waals surface area contributed by atoms with E-state index in [4.69, 9.17) is 0 Å². The van der Waals surface area contributed by atoms with Crippen LogP contribution >= 0.6 is 0 Å². The van der Waals surface area contributed by atoms with Crippen LogP contribution in [0.1, 0.15) is 44.7 Å². The van der Waals surface area contributed by atoms with Gasteiger partial charge in [-0.05, 0) is 18.6 Å². The number of unbranched alkanes of at least 4 members (excludes halogenated alkanes) is 3. The fourth-order valence-electron chi connectivity index (χ4n) is 1.39. The summed E-state index contributed by atoms with van der Waals surface area (Å²) in [5, 5.41) is 3.85. The van der Waals surface area contributed by atoms with E-state index in [-0.39, 0.29) is 5.91 Å². The summed E-state index contributed by atoms with van der Waals surface area (Å²) in [5.74, 6) is -0.0340. The Kier molecular flexibility index (Phi) is 6.63. The summed E-state index contributed by atoms with van der Waals surface area (Å²) in [7, 11) is 0. The molecule has 0 bridgehead atoms. The number of hydrazone groups is 1. The number of amides is 1. The standard InChI is InChI=1S/C13H19N3O/c1-2-3-4-5-9-13(17)16-15-11-12-8-6-7-10-14-12/h6-8,10-11H,2-5,9H2,1H3,(H,16,17). The molecule has 4 nitrogen and oxygen atoms in total. The van der Waals surface area contributed by atoms with Gasteiger partial charge >= 0.3 is 0 Å². The maximum Gasteiger partial charge on any atom is 0.240 e. The molecule has 0 aromatic carbocycles. The molecular weight excluding hydrogens is 214 g/mol. The van der Waals surface area contributed by atoms with Crippen LogP contribution in [0, 0.1) is 0 Å². The van der Waals surface area contributed by atoms with E-state index in [9.17, 15) is 4.79 Å². The summed E-state index contributed by atoms with van der Waals surface area (Å²) in [6.07, 6.45) is 8.17. The zero-order chi connectivity index (χ0) is 12.3. The van der Waals surface area contributed by atoms with E-state index in [0.29, 0.717) is 6.42 Å². The lowest BCUT2D eigenvalue weighted by molar-refractivity contribution is -0.121. The van der Waals surface area contributed by atoms with Crippen LogP contribution in [0.15, 0.2) is 29.5 Å². The summed E-state index contributed by atoms with van der Waals surface area (Å²) in [4.78, 5) is 15.4. The Bertz CT molecular complexity index is 349. The monoisotopic (exact) mass is 233 g/mol. The van der Waals surface area contributed by atoms with Gasteiger partial charge in [0.05, 0.1) is 11.9 Å². The zero-order valence-corrected chi connectivity index (χ0v) is 10.2. The van der Waals surface area contributed by atoms with E-state index >= 15 is 0 Å². The molecule has 4 heteroatoms. The molecule has 1 N–H and O–H groups in total. The number of pyridine rings is 1. The first kappa shape index (κ1) is 13.4. The molecule has 1 amide bonds. The first-order valence-corrected chi connectivity index (χ1v) is 6.06. The predicted octanol–water partition coefficient (Wildman–Crippen LogP) is 2.50. The Morgan fingerprint density at radius 3 is 3.00 bits per heavy atom. The Morgan fingerprint density at radius 1 is 1.41 bits per heavy atom. The van der Waals surface area contributed by atoms with Gasteiger partial charge in [-0.25, -0.2) is 5.43 Å². The SMILES string of the molecule is CCCCCCC(=O)NN=Cc1ccccn1. The third-order valence-corrected chi connectivity index (χ3v) is 2.33. The Morgan fingerprint density at radius 2 is 2.29 bits per heavy atom. The van der Waals surface area contributed by atoms with Crippen molar-refractivity contribution in [3.05, 3.63) is 30.1 Å². The van der Waals surface area contributed by atoms with Gasteiger partial charge in [-0.2, -0.15) is 5.10 Å². The fraction of sp³-hybridized carbons (Fsp3) is 0.462. The lowest BCUT2D eigenvalue weighted by Gasteiger charge is -1.99. The molecule has 1 rings (SSSR count). The van der Waals surface area contributed by atoms with Crippen LogP contribution in [0.2, 0.25) is 0 Å². The Hall–Kier alpha value is -1.71. The van der Waals surface area contributed by atoms with E-state index < -0.39 is 0 Å². The normalized spacial score (nSPS) is 10.6. The van der Waals surface area contributed by atoms with Crippen molar-refractivity contribution in [3.63, 3.8) is 0 Å². The second-order valence-corrected chi connectivity index (χ2v) is 3.86. The third kappa shape index (κ3) is 6.45. The summed E-state index contributed by atoms with van der Waals surface area (Å²) in [6, 6.07) is 5.54. The summed E-state index contributed by atoms with van der Waals surface area (Å²) in [6.45, 7) is 2.15. The number of rotatable bonds is 7. The van der Waals surface area contributed by atoms with E-state index in [2.05, 4.69) is 22.4 Å². The average molecular weight is 233 g/mol. The van der Waals surface area contributed by atoms with Crippen molar-refractivity contribution in [2.24, 2.45) is 5.10 Å². The minimum absolute atomic E-state index is 0.0340. The van der Waals surface area contributed by atoms with Crippen molar-refractivity contribution < 1.29 is 4.79 Å². The number of carbonyl (C=O) groups excluding carboxylic acids is 1. The highest BCUT2D eigenvalue weighted by atomic mass is 16.2. The quantitative estimate of drug-likeness (QED) is 0.447. The highest BCUT2D eigenvalue weighted by Gasteiger charge is 1.98. The van der Waals surface area contributed by atoms with Gasteiger partial charge in [0.25, 0.3) is 0 Å². The van der Waals surface area contributed by atoms with Gasteiger partial charge < -0.3 is 0 Å². The molecule has 0 unspecified atom stereocenters. The van der Waals surface area contributed by atoms with Gasteiger partial charge in [-0.1, -0.05) is 32.3 Å². The summed E-state index contributed by atoms with van der Waals surface area (Å²) >= 11 is 0. The van der Waals surface area contributed by atoms with Gasteiger partial charge in [0.2, 0.25) is 5.91 Å². The van der Waals surface area contributed by atoms with Gasteiger partial charge in [-0.15, -0.1) is 0 Å². The number of carbonyl (C=O) groups is 1. The van der Waals surface area contributed by atoms with Crippen LogP contribution in [-0.4, -0.2) is 17.1 Å². The molecule has 0 fully saturated rings. The third-order valence-electron chi connectivity index (χ3n) is 2.33. The van der Waals surface area contributed by atoms with Gasteiger partial charge in [0.15, 0.2) is 0 Å². The summed E-state index contributed by atoms with van der Waals surface area (Å²) < 4.78 is 0. The molecule has 0 aliphatic heterocycles. The topological polar surface area (TPSA) is 54.4 Å². The van der Waals surface area contributed by atoms with Crippen molar-refractivity contribution in [3.8, 4) is 0 Å². The largest absolute Gasteiger partial charge is 0.273 e. The van der Waals surface area contributed by atoms with Crippen LogP contribution < -0.4 is 5.43 Å². The van der Waals surface area contributed by atoms with E-state index in [1.54, 1.807) is 12.4 Å². The number of hydrogen-bond donors (Lipinski definition) is 1. The van der Waals surface area contributed by atoms with Crippen molar-refractivity contribution in [2.45, 2.75) is 39.0 Å². The highest BCUT2D eigenvalue weighted by Crippen LogP contribution is 2.01. The average Bonchev–Trinajstić information content (AvgIpc) is 2.36. The first-order chi connectivity index (χ1) is 8.33. The zero-order valence-electron chi connectivity index (χ0n) is 10.2. The first-order valence-electron chi connectivity index (χ1n) is 6.06. The number of hydrogen-bond acceptors (Lipinski definition) is 3. The second kappa shape index (κ2) is 8.44. The van der Waals surface area contributed by atoms with E-state index in [1.807, 2.05) is 18.2 Å². The molecule has 1 heterocycles. The van der Waals surface area contributed by atoms with Gasteiger partial charge in [-0.3, -0.25) is 9.78 Å². The lowest BCUT2D eigenvalue weighted by atomic mass is 10.1. The van der Waals surface area contributed by atoms with Crippen molar-refractivity contribution in [1.82, 2.24) is 10.4 Å². The molecule has 17 heavy (non-hydrogen) atoms. The van der Waals surface area contributed by atoms with Gasteiger partial charge in [0, 0.05) is 12.6 Å². The van der Waals surface area contributed by atoms with Crippen LogP contribution in [0.5, 0.6) is 0 Å². The molecule has 0 aliphatic rings. The minimum atomic E-state index is -0.0340. The van der Waals surface area contributed by atoms with Crippen LogP contribution in [0.3, 0.4) is 0 Å². The number of nitrogens with one attached hydrogen (secondary N) is 1. The molecule has 1 aromatic rings. The van der Waals surface area contributed by atoms with Gasteiger partial charge in [0.1, 0.15) is 0 Å². The number of nitrogens with zero attached hydrogens (tertiary/aromatic N) is 2.